The van der Waals surface area contributed by atoms with E-state index >= 15 is 0 Å². The van der Waals surface area contributed by atoms with Gasteiger partial charge in [0.25, 0.3) is 11.6 Å². The summed E-state index contributed by atoms with van der Waals surface area (Å²) in [5, 5.41) is 23.5. The lowest BCUT2D eigenvalue weighted by molar-refractivity contribution is -0.384. The van der Waals surface area contributed by atoms with Gasteiger partial charge in [-0.1, -0.05) is 0 Å². The van der Waals surface area contributed by atoms with Gasteiger partial charge in [-0.3, -0.25) is 19.7 Å². The number of benzene rings is 1. The molecule has 132 valence electrons. The summed E-state index contributed by atoms with van der Waals surface area (Å²) >= 11 is 1.22. The fraction of sp³-hybridized carbons (Fsp3) is 0.375. The summed E-state index contributed by atoms with van der Waals surface area (Å²) < 4.78 is 6.03. The molecule has 1 saturated heterocycles. The van der Waals surface area contributed by atoms with Crippen molar-refractivity contribution < 1.29 is 24.4 Å². The third-order valence-electron chi connectivity index (χ3n) is 4.25. The number of rotatable bonds is 5. The van der Waals surface area contributed by atoms with Gasteiger partial charge in [0.1, 0.15) is 0 Å². The predicted octanol–water partition coefficient (Wildman–Crippen LogP) is 2.56. The maximum absolute atomic E-state index is 12.6. The van der Waals surface area contributed by atoms with Crippen molar-refractivity contribution in [2.75, 3.05) is 13.2 Å². The molecule has 1 aliphatic heterocycles. The Morgan fingerprint density at radius 2 is 2.04 bits per heavy atom. The molecule has 0 saturated carbocycles. The number of nitro benzene ring substituents is 1. The molecule has 2 heterocycles. The van der Waals surface area contributed by atoms with Crippen LogP contribution in [0.2, 0.25) is 0 Å². The van der Waals surface area contributed by atoms with E-state index in [0.29, 0.717) is 36.3 Å². The Bertz CT molecular complexity index is 840. The second-order valence-corrected chi connectivity index (χ2v) is 7.09. The smallest absolute Gasteiger partial charge is 0.305 e. The molecule has 0 radical (unpaired) electrons. The molecular weight excluding hydrogens is 348 g/mol. The summed E-state index contributed by atoms with van der Waals surface area (Å²) in [6, 6.07) is 6.02. The Kier molecular flexibility index (Phi) is 4.69. The van der Waals surface area contributed by atoms with Crippen LogP contribution in [0.15, 0.2) is 24.3 Å². The fourth-order valence-corrected chi connectivity index (χ4v) is 3.89. The van der Waals surface area contributed by atoms with E-state index in [4.69, 9.17) is 9.84 Å². The number of ether oxygens (including phenoxy) is 1. The molecule has 25 heavy (non-hydrogen) atoms. The first kappa shape index (κ1) is 17.3. The lowest BCUT2D eigenvalue weighted by Crippen LogP contribution is -2.53. The second-order valence-electron chi connectivity index (χ2n) is 6.01. The normalized spacial score (nSPS) is 16.5. The van der Waals surface area contributed by atoms with Crippen molar-refractivity contribution in [3.63, 3.8) is 0 Å². The Hall–Kier alpha value is -2.52. The number of non-ortho nitro benzene ring substituents is 1. The third-order valence-corrected chi connectivity index (χ3v) is 5.37. The quantitative estimate of drug-likeness (QED) is 0.622. The highest BCUT2D eigenvalue weighted by atomic mass is 32.1. The number of nitrogens with zero attached hydrogens (tertiary/aromatic N) is 1. The number of aliphatic carboxylic acids is 1. The molecule has 2 aromatic rings. The summed E-state index contributed by atoms with van der Waals surface area (Å²) in [5.74, 6) is -1.35. The number of thiophene rings is 1. The van der Waals surface area contributed by atoms with Crippen LogP contribution in [0.25, 0.3) is 10.1 Å². The van der Waals surface area contributed by atoms with Gasteiger partial charge >= 0.3 is 5.97 Å². The van der Waals surface area contributed by atoms with E-state index in [-0.39, 0.29) is 18.0 Å². The highest BCUT2D eigenvalue weighted by Gasteiger charge is 2.37. The van der Waals surface area contributed by atoms with E-state index < -0.39 is 16.4 Å². The molecule has 3 rings (SSSR count). The Morgan fingerprint density at radius 3 is 2.68 bits per heavy atom. The van der Waals surface area contributed by atoms with Crippen LogP contribution in [0.5, 0.6) is 0 Å². The predicted molar refractivity (Wildman–Crippen MR) is 91.0 cm³/mol. The van der Waals surface area contributed by atoms with Gasteiger partial charge in [-0.25, -0.2) is 0 Å². The fourth-order valence-electron chi connectivity index (χ4n) is 2.96. The number of carbonyl (C=O) groups excluding carboxylic acids is 1. The van der Waals surface area contributed by atoms with Crippen LogP contribution in [0.1, 0.15) is 28.9 Å². The first-order valence-corrected chi connectivity index (χ1v) is 8.50. The zero-order valence-corrected chi connectivity index (χ0v) is 14.0. The van der Waals surface area contributed by atoms with Gasteiger partial charge in [-0.05, 0) is 25.0 Å². The molecule has 9 heteroatoms. The average molecular weight is 364 g/mol. The SMILES string of the molecule is O=C(O)CC1(NC(=O)c2cc3cc([N+](=O)[O-])ccc3s2)CCOCC1. The van der Waals surface area contributed by atoms with Gasteiger partial charge in [0, 0.05) is 35.4 Å². The summed E-state index contributed by atoms with van der Waals surface area (Å²) in [6.07, 6.45) is 0.696. The molecule has 1 amide bonds. The zero-order valence-electron chi connectivity index (χ0n) is 13.2. The molecule has 1 aromatic heterocycles. The van der Waals surface area contributed by atoms with Gasteiger partial charge < -0.3 is 15.2 Å². The van der Waals surface area contributed by atoms with Crippen LogP contribution in [-0.4, -0.2) is 40.7 Å². The number of amides is 1. The van der Waals surface area contributed by atoms with Gasteiger partial charge in [0.05, 0.1) is 21.8 Å². The Balaban J connectivity index is 1.85. The van der Waals surface area contributed by atoms with Crippen LogP contribution in [-0.2, 0) is 9.53 Å². The minimum absolute atomic E-state index is 0.0379. The van der Waals surface area contributed by atoms with Gasteiger partial charge in [-0.2, -0.15) is 0 Å². The Morgan fingerprint density at radius 1 is 1.32 bits per heavy atom. The molecule has 0 unspecified atom stereocenters. The second kappa shape index (κ2) is 6.77. The van der Waals surface area contributed by atoms with Gasteiger partial charge in [0.2, 0.25) is 0 Å². The number of fused-ring (bicyclic) bond motifs is 1. The number of carbonyl (C=O) groups is 2. The third kappa shape index (κ3) is 3.77. The van der Waals surface area contributed by atoms with Crippen molar-refractivity contribution in [3.8, 4) is 0 Å². The highest BCUT2D eigenvalue weighted by Crippen LogP contribution is 2.30. The number of carboxylic acids is 1. The topological polar surface area (TPSA) is 119 Å². The number of hydrogen-bond donors (Lipinski definition) is 2. The minimum Gasteiger partial charge on any atom is -0.481 e. The number of carboxylic acid groups (broad SMARTS) is 1. The molecule has 1 fully saturated rings. The standard InChI is InChI=1S/C16H16N2O6S/c19-14(20)9-16(3-5-24-6-4-16)17-15(21)13-8-10-7-11(18(22)23)1-2-12(10)25-13/h1-2,7-8H,3-6,9H2,(H,17,21)(H,19,20). The zero-order chi connectivity index (χ0) is 18.0. The molecule has 1 aromatic carbocycles. The molecular formula is C16H16N2O6S. The molecule has 0 bridgehead atoms. The van der Waals surface area contributed by atoms with E-state index in [0.717, 1.165) is 4.70 Å². The van der Waals surface area contributed by atoms with E-state index in [1.807, 2.05) is 0 Å². The average Bonchev–Trinajstić information content (AvgIpc) is 2.98. The Labute approximate surface area is 146 Å². The van der Waals surface area contributed by atoms with Crippen molar-refractivity contribution in [3.05, 3.63) is 39.3 Å². The first-order chi connectivity index (χ1) is 11.9. The van der Waals surface area contributed by atoms with Crippen LogP contribution < -0.4 is 5.32 Å². The van der Waals surface area contributed by atoms with Crippen LogP contribution >= 0.6 is 11.3 Å². The van der Waals surface area contributed by atoms with E-state index in [1.54, 1.807) is 12.1 Å². The summed E-state index contributed by atoms with van der Waals surface area (Å²) in [7, 11) is 0. The van der Waals surface area contributed by atoms with Crippen molar-refractivity contribution in [2.24, 2.45) is 0 Å². The van der Waals surface area contributed by atoms with E-state index in [9.17, 15) is 19.7 Å². The molecule has 0 spiro atoms. The summed E-state index contributed by atoms with van der Waals surface area (Å²) in [4.78, 5) is 34.6. The van der Waals surface area contributed by atoms with Crippen molar-refractivity contribution >= 4 is 39.0 Å². The highest BCUT2D eigenvalue weighted by molar-refractivity contribution is 7.20. The van der Waals surface area contributed by atoms with Crippen LogP contribution in [0.4, 0.5) is 5.69 Å². The van der Waals surface area contributed by atoms with Crippen LogP contribution in [0.3, 0.4) is 0 Å². The molecule has 8 nitrogen and oxygen atoms in total. The molecule has 2 N–H and O–H groups in total. The lowest BCUT2D eigenvalue weighted by atomic mass is 9.86. The monoisotopic (exact) mass is 364 g/mol. The maximum Gasteiger partial charge on any atom is 0.305 e. The van der Waals surface area contributed by atoms with E-state index in [2.05, 4.69) is 5.32 Å². The van der Waals surface area contributed by atoms with Gasteiger partial charge in [-0.15, -0.1) is 11.3 Å². The van der Waals surface area contributed by atoms with Crippen molar-refractivity contribution in [1.82, 2.24) is 5.32 Å². The van der Waals surface area contributed by atoms with Crippen molar-refractivity contribution in [1.29, 1.82) is 0 Å². The number of hydrogen-bond acceptors (Lipinski definition) is 6. The summed E-state index contributed by atoms with van der Waals surface area (Å²) in [6.45, 7) is 0.790. The molecule has 0 atom stereocenters. The van der Waals surface area contributed by atoms with E-state index in [1.165, 1.54) is 23.5 Å². The maximum atomic E-state index is 12.6. The first-order valence-electron chi connectivity index (χ1n) is 7.69. The largest absolute Gasteiger partial charge is 0.481 e. The van der Waals surface area contributed by atoms with Crippen molar-refractivity contribution in [2.45, 2.75) is 24.8 Å². The molecule has 1 aliphatic rings. The minimum atomic E-state index is -0.978. The number of nitrogens with one attached hydrogen (secondary N) is 1. The molecule has 0 aliphatic carbocycles. The lowest BCUT2D eigenvalue weighted by Gasteiger charge is -2.36. The summed E-state index contributed by atoms with van der Waals surface area (Å²) in [5.41, 5.74) is -0.868. The van der Waals surface area contributed by atoms with Crippen LogP contribution in [0, 0.1) is 10.1 Å². The number of nitro groups is 1. The van der Waals surface area contributed by atoms with Gasteiger partial charge in [0.15, 0.2) is 0 Å².